The van der Waals surface area contributed by atoms with Crippen LogP contribution in [0.3, 0.4) is 0 Å². The lowest BCUT2D eigenvalue weighted by atomic mass is 10.2. The number of anilines is 1. The Balaban J connectivity index is 3.26. The van der Waals surface area contributed by atoms with Crippen LogP contribution in [-0.4, -0.2) is 31.7 Å². The molecule has 0 aliphatic heterocycles. The molecule has 0 saturated heterocycles. The van der Waals surface area contributed by atoms with E-state index in [1.165, 1.54) is 23.1 Å². The second-order valence-corrected chi connectivity index (χ2v) is 4.75. The second-order valence-electron chi connectivity index (χ2n) is 4.34. The topological polar surface area (TPSA) is 55.8 Å². The molecule has 0 aromatic heterocycles. The Labute approximate surface area is 139 Å². The van der Waals surface area contributed by atoms with Gasteiger partial charge in [-0.3, -0.25) is 0 Å². The molecule has 0 amide bonds. The third-order valence-electron chi connectivity index (χ3n) is 2.85. The van der Waals surface area contributed by atoms with Crippen LogP contribution in [0.1, 0.15) is 20.8 Å². The molecule has 126 valence electrons. The van der Waals surface area contributed by atoms with Crippen molar-refractivity contribution < 1.29 is 23.5 Å². The third-order valence-corrected chi connectivity index (χ3v) is 3.14. The van der Waals surface area contributed by atoms with Gasteiger partial charge in [0.15, 0.2) is 0 Å². The van der Waals surface area contributed by atoms with Crippen molar-refractivity contribution in [2.75, 3.05) is 24.7 Å². The number of nitrogens with zero attached hydrogens (tertiary/aromatic N) is 1. The van der Waals surface area contributed by atoms with Gasteiger partial charge in [-0.15, -0.1) is 0 Å². The maximum Gasteiger partial charge on any atom is 0.355 e. The van der Waals surface area contributed by atoms with E-state index in [1.54, 1.807) is 20.8 Å². The lowest BCUT2D eigenvalue weighted by Crippen LogP contribution is -2.29. The van der Waals surface area contributed by atoms with Crippen molar-refractivity contribution in [1.29, 1.82) is 0 Å². The quantitative estimate of drug-likeness (QED) is 0.561. The fourth-order valence-corrected chi connectivity index (χ4v) is 2.07. The number of ether oxygens (including phenoxy) is 2. The van der Waals surface area contributed by atoms with Gasteiger partial charge in [0.1, 0.15) is 11.5 Å². The Hall–Kier alpha value is -2.08. The van der Waals surface area contributed by atoms with E-state index >= 15 is 0 Å². The number of esters is 2. The van der Waals surface area contributed by atoms with Gasteiger partial charge in [0.05, 0.1) is 24.3 Å². The number of carbonyl (C=O) groups excluding carboxylic acids is 2. The third kappa shape index (κ3) is 5.25. The summed E-state index contributed by atoms with van der Waals surface area (Å²) in [5.41, 5.74) is 0.456. The molecule has 0 spiro atoms. The molecule has 7 heteroatoms. The minimum absolute atomic E-state index is 0.00419. The second kappa shape index (κ2) is 9.15. The van der Waals surface area contributed by atoms with E-state index in [1.807, 2.05) is 0 Å². The summed E-state index contributed by atoms with van der Waals surface area (Å²) in [7, 11) is 0. The van der Waals surface area contributed by atoms with E-state index in [9.17, 15) is 14.0 Å². The highest BCUT2D eigenvalue weighted by Gasteiger charge is 2.21. The lowest BCUT2D eigenvalue weighted by molar-refractivity contribution is -0.141. The van der Waals surface area contributed by atoms with Gasteiger partial charge in [0.25, 0.3) is 0 Å². The number of hydrogen-bond acceptors (Lipinski definition) is 5. The highest BCUT2D eigenvalue weighted by atomic mass is 35.5. The Kier molecular flexibility index (Phi) is 7.54. The average molecular weight is 344 g/mol. The van der Waals surface area contributed by atoms with Crippen LogP contribution in [0.4, 0.5) is 10.1 Å². The molecule has 0 aliphatic rings. The Morgan fingerprint density at radius 1 is 1.22 bits per heavy atom. The summed E-state index contributed by atoms with van der Waals surface area (Å²) in [5, 5.41) is -0.0831. The van der Waals surface area contributed by atoms with Crippen LogP contribution in [0.25, 0.3) is 0 Å². The first kappa shape index (κ1) is 19.0. The SMILES string of the molecule is CCOC(=O)/C=C(/C(=O)OCC)N(CC)c1ccc(F)c(Cl)c1. The molecule has 1 aromatic rings. The molecular formula is C16H19ClFNO4. The normalized spacial score (nSPS) is 11.1. The Morgan fingerprint density at radius 3 is 2.39 bits per heavy atom. The fourth-order valence-electron chi connectivity index (χ4n) is 1.89. The van der Waals surface area contributed by atoms with E-state index in [4.69, 9.17) is 21.1 Å². The summed E-state index contributed by atoms with van der Waals surface area (Å²) in [6.07, 6.45) is 1.06. The van der Waals surface area contributed by atoms with Crippen molar-refractivity contribution in [1.82, 2.24) is 0 Å². The molecule has 0 saturated carbocycles. The van der Waals surface area contributed by atoms with Gasteiger partial charge in [-0.05, 0) is 39.0 Å². The van der Waals surface area contributed by atoms with E-state index in [0.717, 1.165) is 6.08 Å². The summed E-state index contributed by atoms with van der Waals surface area (Å²) in [6, 6.07) is 4.02. The average Bonchev–Trinajstić information content (AvgIpc) is 2.51. The van der Waals surface area contributed by atoms with Crippen LogP contribution in [0.5, 0.6) is 0 Å². The summed E-state index contributed by atoms with van der Waals surface area (Å²) in [4.78, 5) is 25.4. The summed E-state index contributed by atoms with van der Waals surface area (Å²) >= 11 is 5.79. The van der Waals surface area contributed by atoms with E-state index in [2.05, 4.69) is 0 Å². The molecule has 23 heavy (non-hydrogen) atoms. The van der Waals surface area contributed by atoms with E-state index in [-0.39, 0.29) is 23.9 Å². The Morgan fingerprint density at radius 2 is 1.87 bits per heavy atom. The van der Waals surface area contributed by atoms with Crippen molar-refractivity contribution in [2.24, 2.45) is 0 Å². The maximum atomic E-state index is 13.3. The number of carbonyl (C=O) groups is 2. The molecule has 0 unspecified atom stereocenters. The number of likely N-dealkylation sites (N-methyl/N-ethyl adjacent to an activating group) is 1. The predicted molar refractivity (Wildman–Crippen MR) is 85.8 cm³/mol. The largest absolute Gasteiger partial charge is 0.463 e. The molecule has 0 fully saturated rings. The van der Waals surface area contributed by atoms with Crippen LogP contribution < -0.4 is 4.90 Å². The zero-order valence-corrected chi connectivity index (χ0v) is 14.0. The summed E-state index contributed by atoms with van der Waals surface area (Å²) in [5.74, 6) is -1.91. The van der Waals surface area contributed by atoms with Gasteiger partial charge in [0, 0.05) is 12.2 Å². The van der Waals surface area contributed by atoms with Gasteiger partial charge in [-0.1, -0.05) is 11.6 Å². The molecule has 5 nitrogen and oxygen atoms in total. The minimum atomic E-state index is -0.678. The standard InChI is InChI=1S/C16H19ClFNO4/c1-4-19(11-7-8-13(18)12(17)9-11)14(16(21)23-6-3)10-15(20)22-5-2/h7-10H,4-6H2,1-3H3/b14-10-. The first-order chi connectivity index (χ1) is 10.9. The maximum absolute atomic E-state index is 13.3. The summed E-state index contributed by atoms with van der Waals surface area (Å²) < 4.78 is 23.1. The number of rotatable bonds is 7. The van der Waals surface area contributed by atoms with E-state index < -0.39 is 17.8 Å². The van der Waals surface area contributed by atoms with Crippen molar-refractivity contribution in [3.63, 3.8) is 0 Å². The molecule has 0 bridgehead atoms. The molecule has 1 rings (SSSR count). The molecule has 0 radical (unpaired) electrons. The zero-order valence-electron chi connectivity index (χ0n) is 13.3. The number of halogens is 2. The molecular weight excluding hydrogens is 325 g/mol. The number of hydrogen-bond donors (Lipinski definition) is 0. The van der Waals surface area contributed by atoms with Gasteiger partial charge in [0.2, 0.25) is 0 Å². The highest BCUT2D eigenvalue weighted by Crippen LogP contribution is 2.25. The van der Waals surface area contributed by atoms with Gasteiger partial charge in [-0.2, -0.15) is 0 Å². The highest BCUT2D eigenvalue weighted by molar-refractivity contribution is 6.31. The van der Waals surface area contributed by atoms with Crippen molar-refractivity contribution in [3.05, 3.63) is 40.8 Å². The van der Waals surface area contributed by atoms with Gasteiger partial charge in [-0.25, -0.2) is 14.0 Å². The van der Waals surface area contributed by atoms with Crippen LogP contribution >= 0.6 is 11.6 Å². The molecule has 1 aromatic carbocycles. The van der Waals surface area contributed by atoms with Crippen LogP contribution in [-0.2, 0) is 19.1 Å². The lowest BCUT2D eigenvalue weighted by Gasteiger charge is -2.24. The minimum Gasteiger partial charge on any atom is -0.463 e. The molecule has 0 atom stereocenters. The Bertz CT molecular complexity index is 604. The first-order valence-electron chi connectivity index (χ1n) is 7.22. The monoisotopic (exact) mass is 343 g/mol. The van der Waals surface area contributed by atoms with Gasteiger partial charge >= 0.3 is 11.9 Å². The van der Waals surface area contributed by atoms with E-state index in [0.29, 0.717) is 12.2 Å². The van der Waals surface area contributed by atoms with Crippen LogP contribution in [0.2, 0.25) is 5.02 Å². The van der Waals surface area contributed by atoms with Crippen LogP contribution in [0.15, 0.2) is 30.0 Å². The van der Waals surface area contributed by atoms with Gasteiger partial charge < -0.3 is 14.4 Å². The zero-order chi connectivity index (χ0) is 17.4. The first-order valence-corrected chi connectivity index (χ1v) is 7.60. The van der Waals surface area contributed by atoms with Crippen molar-refractivity contribution >= 4 is 29.2 Å². The molecule has 0 aliphatic carbocycles. The molecule has 0 N–H and O–H groups in total. The van der Waals surface area contributed by atoms with Crippen LogP contribution in [0, 0.1) is 5.82 Å². The van der Waals surface area contributed by atoms with Crippen molar-refractivity contribution in [3.8, 4) is 0 Å². The van der Waals surface area contributed by atoms with Crippen molar-refractivity contribution in [2.45, 2.75) is 20.8 Å². The molecule has 0 heterocycles. The fraction of sp³-hybridized carbons (Fsp3) is 0.375. The summed E-state index contributed by atoms with van der Waals surface area (Å²) in [6.45, 7) is 5.76. The smallest absolute Gasteiger partial charge is 0.355 e. The predicted octanol–water partition coefficient (Wildman–Crippen LogP) is 3.32. The number of benzene rings is 1.